The Kier molecular flexibility index (Phi) is 3.62. The first-order chi connectivity index (χ1) is 8.54. The maximum atomic E-state index is 12.7. The van der Waals surface area contributed by atoms with Crippen LogP contribution in [0.3, 0.4) is 0 Å². The van der Waals surface area contributed by atoms with Crippen LogP contribution in [0.5, 0.6) is 0 Å². The van der Waals surface area contributed by atoms with Crippen LogP contribution in [0.2, 0.25) is 0 Å². The van der Waals surface area contributed by atoms with Crippen LogP contribution in [0.1, 0.15) is 10.4 Å². The van der Waals surface area contributed by atoms with Gasteiger partial charge >= 0.3 is 0 Å². The molecule has 18 heavy (non-hydrogen) atoms. The molecule has 0 bridgehead atoms. The van der Waals surface area contributed by atoms with Crippen molar-refractivity contribution in [2.45, 2.75) is 0 Å². The van der Waals surface area contributed by atoms with Crippen molar-refractivity contribution < 1.29 is 9.18 Å². The number of halogens is 2. The van der Waals surface area contributed by atoms with Gasteiger partial charge in [0.25, 0.3) is 5.91 Å². The Morgan fingerprint density at radius 2 is 1.83 bits per heavy atom. The third kappa shape index (κ3) is 3.07. The van der Waals surface area contributed by atoms with Gasteiger partial charge in [-0.15, -0.1) is 0 Å². The van der Waals surface area contributed by atoms with Crippen molar-refractivity contribution in [3.8, 4) is 0 Å². The molecule has 5 heteroatoms. The molecule has 0 heterocycles. The van der Waals surface area contributed by atoms with Crippen LogP contribution in [0.4, 0.5) is 15.8 Å². The molecule has 0 fully saturated rings. The van der Waals surface area contributed by atoms with Crippen LogP contribution in [-0.2, 0) is 0 Å². The lowest BCUT2D eigenvalue weighted by atomic mass is 10.2. The van der Waals surface area contributed by atoms with E-state index in [-0.39, 0.29) is 11.7 Å². The molecule has 0 spiro atoms. The Balaban J connectivity index is 2.19. The van der Waals surface area contributed by atoms with E-state index in [0.29, 0.717) is 16.9 Å². The predicted octanol–water partition coefficient (Wildman–Crippen LogP) is 3.42. The number of anilines is 2. The summed E-state index contributed by atoms with van der Waals surface area (Å²) in [6.07, 6.45) is 0. The average molecular weight is 309 g/mol. The van der Waals surface area contributed by atoms with Crippen LogP contribution in [0, 0.1) is 5.82 Å². The van der Waals surface area contributed by atoms with Crippen LogP contribution < -0.4 is 11.1 Å². The summed E-state index contributed by atoms with van der Waals surface area (Å²) in [7, 11) is 0. The monoisotopic (exact) mass is 308 g/mol. The van der Waals surface area contributed by atoms with Crippen molar-refractivity contribution in [3.63, 3.8) is 0 Å². The van der Waals surface area contributed by atoms with Crippen molar-refractivity contribution in [3.05, 3.63) is 58.3 Å². The summed E-state index contributed by atoms with van der Waals surface area (Å²) in [5.74, 6) is -0.644. The highest BCUT2D eigenvalue weighted by atomic mass is 79.9. The van der Waals surface area contributed by atoms with Gasteiger partial charge in [0.05, 0.1) is 0 Å². The average Bonchev–Trinajstić information content (AvgIpc) is 2.31. The number of nitrogens with one attached hydrogen (secondary N) is 1. The number of rotatable bonds is 2. The van der Waals surface area contributed by atoms with E-state index >= 15 is 0 Å². The Morgan fingerprint density at radius 3 is 2.44 bits per heavy atom. The second kappa shape index (κ2) is 5.18. The molecule has 0 saturated heterocycles. The number of amides is 1. The molecule has 0 unspecified atom stereocenters. The largest absolute Gasteiger partial charge is 0.399 e. The number of hydrogen-bond donors (Lipinski definition) is 2. The molecular formula is C13H10BrFN2O. The van der Waals surface area contributed by atoms with Crippen LogP contribution in [-0.4, -0.2) is 5.91 Å². The van der Waals surface area contributed by atoms with Crippen LogP contribution in [0.15, 0.2) is 46.9 Å². The third-order valence-corrected chi connectivity index (χ3v) is 2.74. The highest BCUT2D eigenvalue weighted by Gasteiger charge is 2.07. The fourth-order valence-corrected chi connectivity index (χ4v) is 1.99. The zero-order chi connectivity index (χ0) is 13.1. The second-order valence-corrected chi connectivity index (χ2v) is 4.65. The van der Waals surface area contributed by atoms with Gasteiger partial charge in [0, 0.05) is 21.4 Å². The van der Waals surface area contributed by atoms with Crippen molar-refractivity contribution in [1.29, 1.82) is 0 Å². The summed E-state index contributed by atoms with van der Waals surface area (Å²) in [5, 5.41) is 2.66. The number of nitrogen functional groups attached to an aromatic ring is 1. The van der Waals surface area contributed by atoms with Crippen LogP contribution >= 0.6 is 15.9 Å². The number of benzene rings is 2. The summed E-state index contributed by atoms with van der Waals surface area (Å²) < 4.78 is 13.4. The quantitative estimate of drug-likeness (QED) is 0.835. The third-order valence-electron chi connectivity index (χ3n) is 2.28. The summed E-state index contributed by atoms with van der Waals surface area (Å²) in [4.78, 5) is 11.9. The normalized spacial score (nSPS) is 10.1. The van der Waals surface area contributed by atoms with E-state index in [0.717, 1.165) is 4.47 Å². The smallest absolute Gasteiger partial charge is 0.255 e. The van der Waals surface area contributed by atoms with Gasteiger partial charge in [-0.25, -0.2) is 4.39 Å². The first kappa shape index (κ1) is 12.6. The maximum absolute atomic E-state index is 12.7. The van der Waals surface area contributed by atoms with E-state index in [9.17, 15) is 9.18 Å². The van der Waals surface area contributed by atoms with Gasteiger partial charge in [-0.1, -0.05) is 15.9 Å². The summed E-state index contributed by atoms with van der Waals surface area (Å²) in [6.45, 7) is 0. The molecule has 0 saturated carbocycles. The second-order valence-electron chi connectivity index (χ2n) is 3.73. The lowest BCUT2D eigenvalue weighted by Crippen LogP contribution is -2.12. The molecule has 2 rings (SSSR count). The van der Waals surface area contributed by atoms with Crippen LogP contribution in [0.25, 0.3) is 0 Å². The molecule has 1 amide bonds. The molecule has 92 valence electrons. The van der Waals surface area contributed by atoms with Crippen molar-refractivity contribution in [2.24, 2.45) is 0 Å². The minimum atomic E-state index is -0.348. The molecule has 0 aliphatic carbocycles. The van der Waals surface area contributed by atoms with Gasteiger partial charge in [-0.05, 0) is 42.5 Å². The van der Waals surface area contributed by atoms with Gasteiger partial charge < -0.3 is 11.1 Å². The van der Waals surface area contributed by atoms with E-state index in [4.69, 9.17) is 5.73 Å². The molecule has 2 aromatic carbocycles. The lowest BCUT2D eigenvalue weighted by Gasteiger charge is -2.06. The molecular weight excluding hydrogens is 299 g/mol. The van der Waals surface area contributed by atoms with E-state index in [2.05, 4.69) is 21.2 Å². The molecule has 3 N–H and O–H groups in total. The number of hydrogen-bond acceptors (Lipinski definition) is 2. The van der Waals surface area contributed by atoms with E-state index in [1.807, 2.05) is 0 Å². The Bertz CT molecular complexity index is 564. The van der Waals surface area contributed by atoms with Gasteiger partial charge in [0.2, 0.25) is 0 Å². The predicted molar refractivity (Wildman–Crippen MR) is 72.9 cm³/mol. The Labute approximate surface area is 112 Å². The molecule has 0 radical (unpaired) electrons. The van der Waals surface area contributed by atoms with Crippen molar-refractivity contribution in [1.82, 2.24) is 0 Å². The lowest BCUT2D eigenvalue weighted by molar-refractivity contribution is 0.102. The summed E-state index contributed by atoms with van der Waals surface area (Å²) >= 11 is 3.27. The highest BCUT2D eigenvalue weighted by molar-refractivity contribution is 9.10. The summed E-state index contributed by atoms with van der Waals surface area (Å²) in [6, 6.07) is 10.5. The van der Waals surface area contributed by atoms with Gasteiger partial charge in [0.1, 0.15) is 5.82 Å². The maximum Gasteiger partial charge on any atom is 0.255 e. The zero-order valence-corrected chi connectivity index (χ0v) is 10.9. The standard InChI is InChI=1S/C13H10BrFN2O/c14-9-5-8(6-11(16)7-9)13(18)17-12-3-1-10(15)2-4-12/h1-7H,16H2,(H,17,18). The topological polar surface area (TPSA) is 55.1 Å². The molecule has 3 nitrogen and oxygen atoms in total. The molecule has 0 aromatic heterocycles. The fraction of sp³-hybridized carbons (Fsp3) is 0. The highest BCUT2D eigenvalue weighted by Crippen LogP contribution is 2.18. The van der Waals surface area contributed by atoms with E-state index < -0.39 is 0 Å². The Morgan fingerprint density at radius 1 is 1.17 bits per heavy atom. The number of carbonyl (C=O) groups excluding carboxylic acids is 1. The molecule has 0 aliphatic heterocycles. The zero-order valence-electron chi connectivity index (χ0n) is 9.28. The molecule has 0 aliphatic rings. The van der Waals surface area contributed by atoms with Gasteiger partial charge in [-0.3, -0.25) is 4.79 Å². The molecule has 2 aromatic rings. The van der Waals surface area contributed by atoms with E-state index in [1.165, 1.54) is 24.3 Å². The summed E-state index contributed by atoms with van der Waals surface area (Å²) in [5.41, 5.74) is 7.11. The van der Waals surface area contributed by atoms with E-state index in [1.54, 1.807) is 18.2 Å². The minimum Gasteiger partial charge on any atom is -0.399 e. The number of carbonyl (C=O) groups is 1. The molecule has 0 atom stereocenters. The number of nitrogens with two attached hydrogens (primary N) is 1. The minimum absolute atomic E-state index is 0.297. The fourth-order valence-electron chi connectivity index (χ4n) is 1.48. The SMILES string of the molecule is Nc1cc(Br)cc(C(=O)Nc2ccc(F)cc2)c1. The first-order valence-corrected chi connectivity index (χ1v) is 5.97. The van der Waals surface area contributed by atoms with Crippen molar-refractivity contribution in [2.75, 3.05) is 11.1 Å². The van der Waals surface area contributed by atoms with Gasteiger partial charge in [0.15, 0.2) is 0 Å². The first-order valence-electron chi connectivity index (χ1n) is 5.17. The van der Waals surface area contributed by atoms with Gasteiger partial charge in [-0.2, -0.15) is 0 Å². The Hall–Kier alpha value is -1.88. The van der Waals surface area contributed by atoms with Crippen molar-refractivity contribution >= 4 is 33.2 Å².